The van der Waals surface area contributed by atoms with Crippen LogP contribution in [0.5, 0.6) is 5.75 Å². The van der Waals surface area contributed by atoms with Gasteiger partial charge in [0.2, 0.25) is 0 Å². The van der Waals surface area contributed by atoms with E-state index in [4.69, 9.17) is 4.74 Å². The highest BCUT2D eigenvalue weighted by molar-refractivity contribution is 6.46. The smallest absolute Gasteiger partial charge is 0.295 e. The number of aliphatic hydroxyl groups excluding tert-OH is 1. The molecule has 2 aromatic rings. The summed E-state index contributed by atoms with van der Waals surface area (Å²) in [6, 6.07) is 12.8. The summed E-state index contributed by atoms with van der Waals surface area (Å²) >= 11 is 0. The van der Waals surface area contributed by atoms with E-state index in [9.17, 15) is 14.7 Å². The maximum Gasteiger partial charge on any atom is 0.295 e. The molecule has 1 saturated heterocycles. The van der Waals surface area contributed by atoms with Crippen LogP contribution in [0.3, 0.4) is 0 Å². The zero-order valence-corrected chi connectivity index (χ0v) is 24.1. The summed E-state index contributed by atoms with van der Waals surface area (Å²) in [5.41, 5.74) is 3.46. The number of amides is 1. The fraction of sp³-hybridized carbons (Fsp3) is 0.500. The first-order valence-electron chi connectivity index (χ1n) is 13.9. The van der Waals surface area contributed by atoms with Crippen LogP contribution in [0.1, 0.15) is 82.7 Å². The lowest BCUT2D eigenvalue weighted by Gasteiger charge is -2.28. The third-order valence-electron chi connectivity index (χ3n) is 7.39. The van der Waals surface area contributed by atoms with E-state index in [1.54, 1.807) is 11.0 Å². The van der Waals surface area contributed by atoms with Gasteiger partial charge in [0, 0.05) is 18.7 Å². The molecule has 3 rings (SSSR count). The lowest BCUT2D eigenvalue weighted by molar-refractivity contribution is -0.140. The Kier molecular flexibility index (Phi) is 9.77. The van der Waals surface area contributed by atoms with Crippen LogP contribution in [0.15, 0.2) is 48.0 Å². The zero-order valence-electron chi connectivity index (χ0n) is 24.1. The zero-order chi connectivity index (χ0) is 28.0. The molecule has 206 valence electrons. The Morgan fingerprint density at radius 1 is 1.03 bits per heavy atom. The van der Waals surface area contributed by atoms with Crippen molar-refractivity contribution in [2.45, 2.75) is 72.8 Å². The van der Waals surface area contributed by atoms with Gasteiger partial charge in [0.1, 0.15) is 11.5 Å². The molecule has 1 N–H and O–H groups in total. The Bertz CT molecular complexity index is 1160. The molecule has 1 aliphatic heterocycles. The van der Waals surface area contributed by atoms with Crippen molar-refractivity contribution in [2.75, 3.05) is 32.8 Å². The monoisotopic (exact) mass is 520 g/mol. The number of rotatable bonds is 11. The molecule has 6 nitrogen and oxygen atoms in total. The van der Waals surface area contributed by atoms with Gasteiger partial charge in [-0.15, -0.1) is 0 Å². The second-order valence-electron chi connectivity index (χ2n) is 11.1. The second-order valence-corrected chi connectivity index (χ2v) is 11.1. The Hall–Kier alpha value is -3.12. The first-order chi connectivity index (χ1) is 18.0. The van der Waals surface area contributed by atoms with Gasteiger partial charge in [-0.25, -0.2) is 0 Å². The molecule has 38 heavy (non-hydrogen) atoms. The summed E-state index contributed by atoms with van der Waals surface area (Å²) < 4.78 is 5.87. The predicted molar refractivity (Wildman–Crippen MR) is 154 cm³/mol. The summed E-state index contributed by atoms with van der Waals surface area (Å²) in [7, 11) is 0. The van der Waals surface area contributed by atoms with Crippen LogP contribution < -0.4 is 4.74 Å². The van der Waals surface area contributed by atoms with Gasteiger partial charge < -0.3 is 19.6 Å². The molecule has 0 bridgehead atoms. The van der Waals surface area contributed by atoms with E-state index in [1.165, 1.54) is 0 Å². The fourth-order valence-corrected chi connectivity index (χ4v) is 4.85. The number of ketones is 1. The number of carbonyl (C=O) groups is 2. The van der Waals surface area contributed by atoms with Gasteiger partial charge in [-0.1, -0.05) is 72.2 Å². The lowest BCUT2D eigenvalue weighted by Crippen LogP contribution is -2.38. The van der Waals surface area contributed by atoms with Gasteiger partial charge in [-0.2, -0.15) is 0 Å². The Morgan fingerprint density at radius 3 is 2.24 bits per heavy atom. The van der Waals surface area contributed by atoms with Gasteiger partial charge in [-0.05, 0) is 66.7 Å². The van der Waals surface area contributed by atoms with Crippen LogP contribution in [0.4, 0.5) is 0 Å². The predicted octanol–water partition coefficient (Wildman–Crippen LogP) is 6.23. The molecule has 0 unspecified atom stereocenters. The summed E-state index contributed by atoms with van der Waals surface area (Å²) in [5.74, 6) is -0.612. The van der Waals surface area contributed by atoms with Gasteiger partial charge in [0.15, 0.2) is 0 Å². The van der Waals surface area contributed by atoms with Gasteiger partial charge >= 0.3 is 0 Å². The highest BCUT2D eigenvalue weighted by Gasteiger charge is 2.46. The van der Waals surface area contributed by atoms with Crippen LogP contribution in [0.2, 0.25) is 0 Å². The minimum absolute atomic E-state index is 0.0262. The molecule has 1 heterocycles. The van der Waals surface area contributed by atoms with Crippen LogP contribution in [0.25, 0.3) is 5.76 Å². The summed E-state index contributed by atoms with van der Waals surface area (Å²) in [6.45, 7) is 18.0. The van der Waals surface area contributed by atoms with Crippen molar-refractivity contribution >= 4 is 17.4 Å². The van der Waals surface area contributed by atoms with Crippen molar-refractivity contribution in [3.05, 3.63) is 70.3 Å². The van der Waals surface area contributed by atoms with Crippen molar-refractivity contribution in [1.82, 2.24) is 9.80 Å². The molecular weight excluding hydrogens is 476 g/mol. The number of benzene rings is 2. The minimum atomic E-state index is -0.652. The highest BCUT2D eigenvalue weighted by Crippen LogP contribution is 2.40. The number of hydrogen-bond acceptors (Lipinski definition) is 5. The van der Waals surface area contributed by atoms with E-state index in [1.807, 2.05) is 43.3 Å². The van der Waals surface area contributed by atoms with Crippen molar-refractivity contribution in [2.24, 2.45) is 0 Å². The third kappa shape index (κ3) is 6.47. The molecule has 0 saturated carbocycles. The van der Waals surface area contributed by atoms with E-state index in [-0.39, 0.29) is 16.7 Å². The number of unbranched alkanes of at least 4 members (excludes halogenated alkanes) is 1. The first-order valence-corrected chi connectivity index (χ1v) is 13.9. The molecule has 1 aliphatic rings. The quantitative estimate of drug-likeness (QED) is 0.164. The minimum Gasteiger partial charge on any atom is -0.507 e. The van der Waals surface area contributed by atoms with Crippen molar-refractivity contribution < 1.29 is 19.4 Å². The van der Waals surface area contributed by atoms with Gasteiger partial charge in [0.05, 0.1) is 18.2 Å². The fourth-order valence-electron chi connectivity index (χ4n) is 4.85. The summed E-state index contributed by atoms with van der Waals surface area (Å²) in [5, 5.41) is 11.5. The number of ether oxygens (including phenoxy) is 1. The molecule has 1 amide bonds. The number of likely N-dealkylation sites (N-methyl/N-ethyl adjacent to an activating group) is 1. The van der Waals surface area contributed by atoms with E-state index in [0.29, 0.717) is 25.3 Å². The Labute approximate surface area is 228 Å². The van der Waals surface area contributed by atoms with Crippen molar-refractivity contribution in [1.29, 1.82) is 0 Å². The number of aryl methyl sites for hydroxylation is 1. The SMILES string of the molecule is CCCCOc1ccc(/C(O)=C2\C(=O)C(=O)N(CCN(CC)CC)[C@@H]2c2ccc(C(C)(C)C)cc2)cc1C. The average Bonchev–Trinajstić information content (AvgIpc) is 3.14. The number of nitrogens with zero attached hydrogens (tertiary/aromatic N) is 2. The largest absolute Gasteiger partial charge is 0.507 e. The first kappa shape index (κ1) is 29.4. The molecular formula is C32H44N2O4. The molecule has 0 spiro atoms. The van der Waals surface area contributed by atoms with Crippen LogP contribution in [-0.4, -0.2) is 59.4 Å². The highest BCUT2D eigenvalue weighted by atomic mass is 16.5. The van der Waals surface area contributed by atoms with E-state index >= 15 is 0 Å². The third-order valence-corrected chi connectivity index (χ3v) is 7.39. The van der Waals surface area contributed by atoms with Crippen molar-refractivity contribution in [3.8, 4) is 5.75 Å². The topological polar surface area (TPSA) is 70.1 Å². The molecule has 2 aromatic carbocycles. The maximum absolute atomic E-state index is 13.4. The number of likely N-dealkylation sites (tertiary alicyclic amines) is 1. The average molecular weight is 521 g/mol. The molecule has 0 radical (unpaired) electrons. The van der Waals surface area contributed by atoms with Crippen LogP contribution >= 0.6 is 0 Å². The van der Waals surface area contributed by atoms with E-state index in [0.717, 1.165) is 48.4 Å². The second kappa shape index (κ2) is 12.6. The molecule has 0 aliphatic carbocycles. The summed E-state index contributed by atoms with van der Waals surface area (Å²) in [6.07, 6.45) is 2.01. The van der Waals surface area contributed by atoms with Gasteiger partial charge in [-0.3, -0.25) is 9.59 Å². The number of carbonyl (C=O) groups excluding carboxylic acids is 2. The Balaban J connectivity index is 2.07. The van der Waals surface area contributed by atoms with E-state index in [2.05, 4.69) is 46.4 Å². The maximum atomic E-state index is 13.4. The van der Waals surface area contributed by atoms with Gasteiger partial charge in [0.25, 0.3) is 11.7 Å². The number of Topliss-reactive ketones (excluding diaryl/α,β-unsaturated/α-hetero) is 1. The standard InChI is InChI=1S/C32H44N2O4/c1-8-11-20-38-26-17-14-24(21-22(26)4)29(35)27-28(23-12-15-25(16-13-23)32(5,6)7)34(31(37)30(27)36)19-18-33(9-2)10-3/h12-17,21,28,35H,8-11,18-20H2,1-7H3/b29-27+/t28-/m1/s1. The lowest BCUT2D eigenvalue weighted by atomic mass is 9.85. The molecule has 0 aromatic heterocycles. The van der Waals surface area contributed by atoms with E-state index < -0.39 is 17.7 Å². The normalized spacial score (nSPS) is 17.5. The van der Waals surface area contributed by atoms with Crippen molar-refractivity contribution in [3.63, 3.8) is 0 Å². The molecule has 1 atom stereocenters. The Morgan fingerprint density at radius 2 is 1.68 bits per heavy atom. The van der Waals surface area contributed by atoms with Crippen LogP contribution in [0, 0.1) is 6.92 Å². The molecule has 6 heteroatoms. The number of aliphatic hydroxyl groups is 1. The number of hydrogen-bond donors (Lipinski definition) is 1. The summed E-state index contributed by atoms with van der Waals surface area (Å²) in [4.78, 5) is 30.6. The van der Waals surface area contributed by atoms with Crippen LogP contribution in [-0.2, 0) is 15.0 Å². The molecule has 1 fully saturated rings.